The average molecular weight is 285 g/mol. The Balaban J connectivity index is 1.71. The molecule has 1 aromatic heterocycles. The van der Waals surface area contributed by atoms with Crippen LogP contribution in [0.4, 0.5) is 5.69 Å². The molecule has 0 unspecified atom stereocenters. The van der Waals surface area contributed by atoms with Crippen molar-refractivity contribution in [1.29, 1.82) is 0 Å². The summed E-state index contributed by atoms with van der Waals surface area (Å²) in [7, 11) is 0. The van der Waals surface area contributed by atoms with E-state index >= 15 is 0 Å². The highest BCUT2D eigenvalue weighted by Gasteiger charge is 2.14. The van der Waals surface area contributed by atoms with Gasteiger partial charge in [0.05, 0.1) is 0 Å². The van der Waals surface area contributed by atoms with Gasteiger partial charge in [0.1, 0.15) is 0 Å². The van der Waals surface area contributed by atoms with E-state index in [0.29, 0.717) is 11.2 Å². The van der Waals surface area contributed by atoms with E-state index in [1.54, 1.807) is 0 Å². The van der Waals surface area contributed by atoms with Gasteiger partial charge in [0.25, 0.3) is 0 Å². The van der Waals surface area contributed by atoms with Gasteiger partial charge >= 0.3 is 0 Å². The summed E-state index contributed by atoms with van der Waals surface area (Å²) < 4.78 is 0. The number of benzene rings is 1. The number of thiocarbonyl (C=S) groups is 1. The highest BCUT2D eigenvalue weighted by molar-refractivity contribution is 7.80. The molecule has 3 nitrogen and oxygen atoms in total. The molecule has 0 spiro atoms. The van der Waals surface area contributed by atoms with Crippen LogP contribution in [0.15, 0.2) is 36.7 Å². The fourth-order valence-corrected chi connectivity index (χ4v) is 3.09. The fourth-order valence-electron chi connectivity index (χ4n) is 2.81. The normalized spacial score (nSPS) is 16.0. The smallest absolute Gasteiger partial charge is 0.171 e. The van der Waals surface area contributed by atoms with Crippen molar-refractivity contribution in [2.45, 2.75) is 38.1 Å². The number of hydrogen-bond donors (Lipinski definition) is 2. The molecular formula is C16H19N3S. The molecule has 1 fully saturated rings. The van der Waals surface area contributed by atoms with Gasteiger partial charge in [0.2, 0.25) is 0 Å². The zero-order valence-corrected chi connectivity index (χ0v) is 12.2. The number of nitrogens with one attached hydrogen (secondary N) is 2. The summed E-state index contributed by atoms with van der Waals surface area (Å²) >= 11 is 5.44. The standard InChI is InChI=1S/C16H19N3S/c20-16(18-13-6-2-1-3-7-13)19-15-8-4-5-12-9-10-17-11-14(12)15/h4-5,8-11,13H,1-3,6-7H2,(H2,18,19,20). The number of anilines is 1. The zero-order chi connectivity index (χ0) is 13.8. The highest BCUT2D eigenvalue weighted by atomic mass is 32.1. The lowest BCUT2D eigenvalue weighted by atomic mass is 9.96. The molecule has 3 rings (SSSR count). The molecule has 1 aromatic carbocycles. The van der Waals surface area contributed by atoms with Crippen LogP contribution in [0, 0.1) is 0 Å². The van der Waals surface area contributed by atoms with Gasteiger partial charge in [-0.1, -0.05) is 31.4 Å². The predicted octanol–water partition coefficient (Wildman–Crippen LogP) is 3.85. The molecule has 0 radical (unpaired) electrons. The molecule has 1 heterocycles. The molecule has 20 heavy (non-hydrogen) atoms. The number of nitrogens with zero attached hydrogens (tertiary/aromatic N) is 1. The Morgan fingerprint density at radius 1 is 1.15 bits per heavy atom. The first-order valence-corrected chi connectivity index (χ1v) is 7.64. The van der Waals surface area contributed by atoms with Gasteiger partial charge in [-0.3, -0.25) is 4.98 Å². The van der Waals surface area contributed by atoms with Crippen LogP contribution in [0.5, 0.6) is 0 Å². The molecule has 4 heteroatoms. The molecule has 104 valence electrons. The van der Waals surface area contributed by atoms with Gasteiger partial charge in [-0.05, 0) is 42.6 Å². The van der Waals surface area contributed by atoms with Crippen LogP contribution >= 0.6 is 12.2 Å². The molecule has 0 atom stereocenters. The lowest BCUT2D eigenvalue weighted by Gasteiger charge is -2.24. The molecule has 0 amide bonds. The monoisotopic (exact) mass is 285 g/mol. The van der Waals surface area contributed by atoms with Gasteiger partial charge in [0.15, 0.2) is 5.11 Å². The molecule has 2 aromatic rings. The third kappa shape index (κ3) is 3.07. The molecule has 0 saturated heterocycles. The lowest BCUT2D eigenvalue weighted by Crippen LogP contribution is -2.38. The zero-order valence-electron chi connectivity index (χ0n) is 11.4. The Labute approximate surface area is 124 Å². The van der Waals surface area contributed by atoms with Crippen LogP contribution in [0.1, 0.15) is 32.1 Å². The van der Waals surface area contributed by atoms with Gasteiger partial charge in [-0.15, -0.1) is 0 Å². The van der Waals surface area contributed by atoms with Crippen molar-refractivity contribution in [1.82, 2.24) is 10.3 Å². The van der Waals surface area contributed by atoms with E-state index in [9.17, 15) is 0 Å². The number of fused-ring (bicyclic) bond motifs is 1. The van der Waals surface area contributed by atoms with Crippen molar-refractivity contribution in [2.24, 2.45) is 0 Å². The maximum Gasteiger partial charge on any atom is 0.171 e. The number of hydrogen-bond acceptors (Lipinski definition) is 2. The minimum absolute atomic E-state index is 0.525. The van der Waals surface area contributed by atoms with E-state index in [-0.39, 0.29) is 0 Å². The maximum atomic E-state index is 5.44. The molecule has 0 bridgehead atoms. The van der Waals surface area contributed by atoms with Gasteiger partial charge < -0.3 is 10.6 Å². The Bertz CT molecular complexity index is 600. The van der Waals surface area contributed by atoms with Gasteiger partial charge in [-0.2, -0.15) is 0 Å². The summed E-state index contributed by atoms with van der Waals surface area (Å²) in [6, 6.07) is 8.70. The van der Waals surface area contributed by atoms with E-state index in [2.05, 4.69) is 21.7 Å². The van der Waals surface area contributed by atoms with Crippen molar-refractivity contribution in [3.63, 3.8) is 0 Å². The second-order valence-corrected chi connectivity index (χ2v) is 5.74. The van der Waals surface area contributed by atoms with Gasteiger partial charge in [0, 0.05) is 29.5 Å². The van der Waals surface area contributed by atoms with E-state index in [1.807, 2.05) is 30.6 Å². The Hall–Kier alpha value is -1.68. The maximum absolute atomic E-state index is 5.44. The van der Waals surface area contributed by atoms with Gasteiger partial charge in [-0.25, -0.2) is 0 Å². The van der Waals surface area contributed by atoms with Crippen molar-refractivity contribution in [3.05, 3.63) is 36.7 Å². The Morgan fingerprint density at radius 2 is 2.00 bits per heavy atom. The molecule has 1 aliphatic carbocycles. The van der Waals surface area contributed by atoms with E-state index < -0.39 is 0 Å². The second kappa shape index (κ2) is 6.18. The summed E-state index contributed by atoms with van der Waals surface area (Å²) in [6.07, 6.45) is 10.1. The minimum Gasteiger partial charge on any atom is -0.360 e. The predicted molar refractivity (Wildman–Crippen MR) is 88.0 cm³/mol. The first kappa shape index (κ1) is 13.3. The first-order valence-electron chi connectivity index (χ1n) is 7.23. The van der Waals surface area contributed by atoms with Crippen LogP contribution in [0.3, 0.4) is 0 Å². The third-order valence-corrected chi connectivity index (χ3v) is 4.09. The van der Waals surface area contributed by atoms with Crippen molar-refractivity contribution in [3.8, 4) is 0 Å². The largest absolute Gasteiger partial charge is 0.360 e. The van der Waals surface area contributed by atoms with Crippen LogP contribution in [0.25, 0.3) is 10.8 Å². The third-order valence-electron chi connectivity index (χ3n) is 3.87. The molecular weight excluding hydrogens is 266 g/mol. The van der Waals surface area contributed by atoms with Crippen molar-refractivity contribution in [2.75, 3.05) is 5.32 Å². The van der Waals surface area contributed by atoms with Crippen LogP contribution in [-0.2, 0) is 0 Å². The van der Waals surface area contributed by atoms with E-state index in [1.165, 1.54) is 37.5 Å². The summed E-state index contributed by atoms with van der Waals surface area (Å²) in [5, 5.41) is 9.73. The van der Waals surface area contributed by atoms with E-state index in [4.69, 9.17) is 12.2 Å². The van der Waals surface area contributed by atoms with Crippen LogP contribution < -0.4 is 10.6 Å². The fraction of sp³-hybridized carbons (Fsp3) is 0.375. The van der Waals surface area contributed by atoms with Crippen LogP contribution in [-0.4, -0.2) is 16.1 Å². The average Bonchev–Trinajstić information content (AvgIpc) is 2.48. The van der Waals surface area contributed by atoms with Crippen LogP contribution in [0.2, 0.25) is 0 Å². The minimum atomic E-state index is 0.525. The van der Waals surface area contributed by atoms with Crippen molar-refractivity contribution >= 4 is 33.8 Å². The Morgan fingerprint density at radius 3 is 2.85 bits per heavy atom. The molecule has 2 N–H and O–H groups in total. The molecule has 1 saturated carbocycles. The number of rotatable bonds is 2. The number of aromatic nitrogens is 1. The quantitative estimate of drug-likeness (QED) is 0.822. The summed E-state index contributed by atoms with van der Waals surface area (Å²) in [6.45, 7) is 0. The van der Waals surface area contributed by atoms with E-state index in [0.717, 1.165) is 11.1 Å². The summed E-state index contributed by atoms with van der Waals surface area (Å²) in [5.41, 5.74) is 1.02. The SMILES string of the molecule is S=C(Nc1cccc2ccncc12)NC1CCCCC1. The molecule has 1 aliphatic rings. The second-order valence-electron chi connectivity index (χ2n) is 5.34. The lowest BCUT2D eigenvalue weighted by molar-refractivity contribution is 0.415. The highest BCUT2D eigenvalue weighted by Crippen LogP contribution is 2.22. The Kier molecular flexibility index (Phi) is 4.11. The summed E-state index contributed by atoms with van der Waals surface area (Å²) in [5.74, 6) is 0. The van der Waals surface area contributed by atoms with Crippen molar-refractivity contribution < 1.29 is 0 Å². The molecule has 0 aliphatic heterocycles. The topological polar surface area (TPSA) is 37.0 Å². The summed E-state index contributed by atoms with van der Waals surface area (Å²) in [4.78, 5) is 4.19. The number of pyridine rings is 1. The first-order chi connectivity index (χ1) is 9.83.